The number of amides is 1. The number of allylic oxidation sites excluding steroid dienone is 2. The highest BCUT2D eigenvalue weighted by atomic mass is 16.6. The fourth-order valence-electron chi connectivity index (χ4n) is 12.4. The number of aliphatic hydroxyl groups is 5. The Hall–Kier alpha value is -1.03. The van der Waals surface area contributed by atoms with Crippen LogP contribution < -0.4 is 5.32 Å². The zero-order valence-corrected chi connectivity index (χ0v) is 28.1. The Morgan fingerprint density at radius 2 is 1.59 bits per heavy atom. The van der Waals surface area contributed by atoms with Crippen molar-refractivity contribution in [1.29, 1.82) is 0 Å². The van der Waals surface area contributed by atoms with E-state index in [4.69, 9.17) is 4.74 Å². The molecule has 0 spiro atoms. The van der Waals surface area contributed by atoms with Crippen molar-refractivity contribution >= 4 is 5.91 Å². The SMILES string of the molecule is C[C@H]1[C@H](C)CC[C@]2(C(=O)N[C@H]3O[C@@H](CO)[C@@H](O)[C@@H](O)[C@@H]3O)CC[C@]3(C)C(=CC[C@@H]4[C@@]5(C)CC[C@H](O)C(C)(C)C5CC[C@]43C)[C@H]12. The van der Waals surface area contributed by atoms with Crippen molar-refractivity contribution < 1.29 is 35.1 Å². The maximum atomic E-state index is 14.5. The van der Waals surface area contributed by atoms with E-state index in [1.54, 1.807) is 0 Å². The molecule has 5 fully saturated rings. The first-order chi connectivity index (χ1) is 20.5. The van der Waals surface area contributed by atoms with Crippen LogP contribution in [0.5, 0.6) is 0 Å². The molecule has 0 bridgehead atoms. The summed E-state index contributed by atoms with van der Waals surface area (Å²) in [6, 6.07) is 0. The largest absolute Gasteiger partial charge is 0.394 e. The van der Waals surface area contributed by atoms with Crippen LogP contribution in [0, 0.1) is 56.7 Å². The highest BCUT2D eigenvalue weighted by molar-refractivity contribution is 5.84. The predicted molar refractivity (Wildman–Crippen MR) is 167 cm³/mol. The number of aliphatic hydroxyl groups excluding tert-OH is 5. The minimum absolute atomic E-state index is 0.0486. The molecule has 4 saturated carbocycles. The van der Waals surface area contributed by atoms with E-state index in [1.165, 1.54) is 5.57 Å². The lowest BCUT2D eigenvalue weighted by atomic mass is 9.33. The Morgan fingerprint density at radius 1 is 0.886 bits per heavy atom. The molecule has 1 unspecified atom stereocenters. The van der Waals surface area contributed by atoms with Gasteiger partial charge in [0.05, 0.1) is 18.1 Å². The third-order valence-electron chi connectivity index (χ3n) is 15.6. The monoisotopic (exact) mass is 617 g/mol. The second kappa shape index (κ2) is 10.7. The number of rotatable bonds is 3. The molecule has 0 aromatic rings. The van der Waals surface area contributed by atoms with Crippen LogP contribution in [0.4, 0.5) is 0 Å². The lowest BCUT2D eigenvalue weighted by Crippen LogP contribution is -2.68. The average Bonchev–Trinajstić information content (AvgIpc) is 2.97. The molecular formula is C36H59NO7. The first-order valence-corrected chi connectivity index (χ1v) is 17.5. The van der Waals surface area contributed by atoms with Gasteiger partial charge in [0.2, 0.25) is 5.91 Å². The van der Waals surface area contributed by atoms with Crippen molar-refractivity contribution in [2.75, 3.05) is 6.61 Å². The summed E-state index contributed by atoms with van der Waals surface area (Å²) in [5, 5.41) is 55.2. The van der Waals surface area contributed by atoms with E-state index in [9.17, 15) is 30.3 Å². The van der Waals surface area contributed by atoms with Crippen LogP contribution >= 0.6 is 0 Å². The standard InChI is InChI=1S/C36H59NO7/c1-19-10-15-36(31(43)37-30-29(42)28(41)27(40)22(18-38)44-30)17-16-34(6)21(26(36)20(19)2)8-9-24-33(5)13-12-25(39)32(3,4)23(33)11-14-35(24,34)7/h8,19-20,22-30,38-42H,9-18H2,1-7H3,(H,37,43)/t19-,20+,22+,23?,24-,25+,26+,27-,28-,29+,30+,33+,34-,35-,36+/m1/s1. The summed E-state index contributed by atoms with van der Waals surface area (Å²) in [7, 11) is 0. The summed E-state index contributed by atoms with van der Waals surface area (Å²) < 4.78 is 5.74. The van der Waals surface area contributed by atoms with Gasteiger partial charge < -0.3 is 35.6 Å². The van der Waals surface area contributed by atoms with E-state index < -0.39 is 42.7 Å². The van der Waals surface area contributed by atoms with Gasteiger partial charge in [-0.2, -0.15) is 0 Å². The molecule has 6 aliphatic rings. The highest BCUT2D eigenvalue weighted by Gasteiger charge is 2.69. The molecular weight excluding hydrogens is 558 g/mol. The summed E-state index contributed by atoms with van der Waals surface area (Å²) in [5.41, 5.74) is 0.881. The number of hydrogen-bond acceptors (Lipinski definition) is 7. The maximum absolute atomic E-state index is 14.5. The summed E-state index contributed by atoms with van der Waals surface area (Å²) in [4.78, 5) is 14.5. The van der Waals surface area contributed by atoms with Crippen LogP contribution in [0.15, 0.2) is 11.6 Å². The first-order valence-electron chi connectivity index (χ1n) is 17.5. The minimum atomic E-state index is -1.53. The summed E-state index contributed by atoms with van der Waals surface area (Å²) in [6.45, 7) is 16.2. The molecule has 8 nitrogen and oxygen atoms in total. The van der Waals surface area contributed by atoms with Crippen molar-refractivity contribution in [1.82, 2.24) is 5.32 Å². The summed E-state index contributed by atoms with van der Waals surface area (Å²) in [5.74, 6) is 1.67. The third-order valence-corrected chi connectivity index (χ3v) is 15.6. The van der Waals surface area contributed by atoms with Crippen LogP contribution in [-0.2, 0) is 9.53 Å². The van der Waals surface area contributed by atoms with Crippen LogP contribution in [0.25, 0.3) is 0 Å². The number of nitrogens with one attached hydrogen (secondary N) is 1. The van der Waals surface area contributed by atoms with Gasteiger partial charge in [0, 0.05) is 0 Å². The van der Waals surface area contributed by atoms with Crippen molar-refractivity contribution in [3.63, 3.8) is 0 Å². The molecule has 5 aliphatic carbocycles. The molecule has 1 saturated heterocycles. The molecule has 1 amide bonds. The van der Waals surface area contributed by atoms with Crippen molar-refractivity contribution in [3.05, 3.63) is 11.6 Å². The van der Waals surface area contributed by atoms with Crippen molar-refractivity contribution in [2.24, 2.45) is 56.7 Å². The normalized spacial score (nSPS) is 55.0. The Labute approximate surface area is 264 Å². The zero-order chi connectivity index (χ0) is 32.2. The van der Waals surface area contributed by atoms with Crippen LogP contribution in [0.3, 0.4) is 0 Å². The van der Waals surface area contributed by atoms with Gasteiger partial charge in [0.25, 0.3) is 0 Å². The number of hydrogen-bond donors (Lipinski definition) is 6. The average molecular weight is 618 g/mol. The van der Waals surface area contributed by atoms with Gasteiger partial charge in [-0.25, -0.2) is 0 Å². The smallest absolute Gasteiger partial charge is 0.228 e. The number of fused-ring (bicyclic) bond motifs is 7. The highest BCUT2D eigenvalue weighted by Crippen LogP contribution is 2.75. The number of carbonyl (C=O) groups is 1. The Morgan fingerprint density at radius 3 is 2.27 bits per heavy atom. The molecule has 1 aliphatic heterocycles. The van der Waals surface area contributed by atoms with Gasteiger partial charge in [0.15, 0.2) is 6.23 Å². The van der Waals surface area contributed by atoms with E-state index in [-0.39, 0.29) is 39.6 Å². The van der Waals surface area contributed by atoms with Gasteiger partial charge in [-0.1, -0.05) is 60.1 Å². The molecule has 0 radical (unpaired) electrons. The van der Waals surface area contributed by atoms with E-state index in [0.29, 0.717) is 23.7 Å². The van der Waals surface area contributed by atoms with E-state index in [0.717, 1.165) is 57.8 Å². The minimum Gasteiger partial charge on any atom is -0.394 e. The Bertz CT molecular complexity index is 1170. The summed E-state index contributed by atoms with van der Waals surface area (Å²) >= 11 is 0. The quantitative estimate of drug-likeness (QED) is 0.264. The predicted octanol–water partition coefficient (Wildman–Crippen LogP) is 3.92. The molecule has 0 aromatic carbocycles. The lowest BCUT2D eigenvalue weighted by Gasteiger charge is -2.71. The van der Waals surface area contributed by atoms with E-state index >= 15 is 0 Å². The van der Waals surface area contributed by atoms with E-state index in [2.05, 4.69) is 59.9 Å². The number of carbonyl (C=O) groups excluding carboxylic acids is 1. The molecule has 6 rings (SSSR count). The Kier molecular flexibility index (Phi) is 8.03. The lowest BCUT2D eigenvalue weighted by molar-refractivity contribution is -0.238. The van der Waals surface area contributed by atoms with Crippen LogP contribution in [-0.4, -0.2) is 74.8 Å². The van der Waals surface area contributed by atoms with Gasteiger partial charge in [-0.3, -0.25) is 4.79 Å². The van der Waals surface area contributed by atoms with E-state index in [1.807, 2.05) is 0 Å². The fraction of sp³-hybridized carbons (Fsp3) is 0.917. The fourth-order valence-corrected chi connectivity index (χ4v) is 12.4. The second-order valence-electron chi connectivity index (χ2n) is 17.4. The van der Waals surface area contributed by atoms with Crippen molar-refractivity contribution in [2.45, 2.75) is 143 Å². The topological polar surface area (TPSA) is 139 Å². The maximum Gasteiger partial charge on any atom is 0.228 e. The Balaban J connectivity index is 1.36. The van der Waals surface area contributed by atoms with Crippen LogP contribution in [0.1, 0.15) is 106 Å². The molecule has 15 atom stereocenters. The van der Waals surface area contributed by atoms with Crippen molar-refractivity contribution in [3.8, 4) is 0 Å². The van der Waals surface area contributed by atoms with Gasteiger partial charge >= 0.3 is 0 Å². The second-order valence-corrected chi connectivity index (χ2v) is 17.4. The zero-order valence-electron chi connectivity index (χ0n) is 28.1. The van der Waals surface area contributed by atoms with Gasteiger partial charge in [0.1, 0.15) is 24.4 Å². The van der Waals surface area contributed by atoms with Gasteiger partial charge in [-0.15, -0.1) is 0 Å². The molecule has 8 heteroatoms. The molecule has 0 aromatic heterocycles. The molecule has 6 N–H and O–H groups in total. The molecule has 250 valence electrons. The van der Waals surface area contributed by atoms with Gasteiger partial charge in [-0.05, 0) is 109 Å². The number of ether oxygens (including phenoxy) is 1. The first kappa shape index (κ1) is 32.9. The summed E-state index contributed by atoms with van der Waals surface area (Å²) in [6.07, 6.45) is 4.06. The molecule has 1 heterocycles. The third kappa shape index (κ3) is 4.26. The van der Waals surface area contributed by atoms with Crippen LogP contribution in [0.2, 0.25) is 0 Å². The molecule has 44 heavy (non-hydrogen) atoms.